The Labute approximate surface area is 111 Å². The average molecular weight is 260 g/mol. The van der Waals surface area contributed by atoms with Crippen LogP contribution in [0.3, 0.4) is 0 Å². The predicted octanol–water partition coefficient (Wildman–Crippen LogP) is 2.59. The number of hydrogen-bond acceptors (Lipinski definition) is 2. The number of halogens is 1. The molecule has 0 bridgehead atoms. The number of hydrogen-bond donors (Lipinski definition) is 1. The summed E-state index contributed by atoms with van der Waals surface area (Å²) in [6, 6.07) is 8.59. The van der Waals surface area contributed by atoms with Crippen LogP contribution in [0.4, 0.5) is 0 Å². The second-order valence-corrected chi connectivity index (χ2v) is 5.55. The molecule has 1 N–H and O–H groups in total. The van der Waals surface area contributed by atoms with Crippen LogP contribution in [0, 0.1) is 11.8 Å². The van der Waals surface area contributed by atoms with Gasteiger partial charge in [-0.1, -0.05) is 29.8 Å². The molecule has 92 valence electrons. The van der Waals surface area contributed by atoms with Gasteiger partial charge in [-0.2, -0.15) is 0 Å². The summed E-state index contributed by atoms with van der Waals surface area (Å²) in [6.45, 7) is 2.27. The second kappa shape index (κ2) is 3.84. The summed E-state index contributed by atoms with van der Waals surface area (Å²) in [5.74, 6) is 1.56. The number of fused-ring (bicyclic) bond motifs is 1. The first kappa shape index (κ1) is 10.6. The summed E-state index contributed by atoms with van der Waals surface area (Å²) >= 11 is 6.28. The maximum absolute atomic E-state index is 6.28. The van der Waals surface area contributed by atoms with E-state index in [0.717, 1.165) is 41.2 Å². The lowest BCUT2D eigenvalue weighted by molar-refractivity contribution is 0.573. The first-order chi connectivity index (χ1) is 8.86. The van der Waals surface area contributed by atoms with Crippen LogP contribution in [-0.2, 0) is 0 Å². The highest BCUT2D eigenvalue weighted by Gasteiger charge is 2.54. The number of rotatable bonds is 2. The third-order valence-corrected chi connectivity index (χ3v) is 4.51. The van der Waals surface area contributed by atoms with E-state index < -0.39 is 0 Å². The van der Waals surface area contributed by atoms with E-state index in [1.165, 1.54) is 0 Å². The summed E-state index contributed by atoms with van der Waals surface area (Å²) in [6.07, 6.45) is 3.87. The fourth-order valence-corrected chi connectivity index (χ4v) is 3.45. The highest BCUT2D eigenvalue weighted by atomic mass is 35.5. The lowest BCUT2D eigenvalue weighted by Crippen LogP contribution is -2.16. The molecule has 0 amide bonds. The second-order valence-electron chi connectivity index (χ2n) is 5.14. The van der Waals surface area contributed by atoms with Gasteiger partial charge >= 0.3 is 0 Å². The monoisotopic (exact) mass is 259 g/mol. The molecule has 1 saturated heterocycles. The van der Waals surface area contributed by atoms with Crippen LogP contribution >= 0.6 is 11.6 Å². The fraction of sp³-hybridized carbons (Fsp3) is 0.357. The van der Waals surface area contributed by atoms with E-state index in [1.54, 1.807) is 0 Å². The first-order valence-corrected chi connectivity index (χ1v) is 6.71. The molecule has 0 radical (unpaired) electrons. The lowest BCUT2D eigenvalue weighted by Gasteiger charge is -2.11. The summed E-state index contributed by atoms with van der Waals surface area (Å²) in [7, 11) is 0. The van der Waals surface area contributed by atoms with Gasteiger partial charge in [0.2, 0.25) is 0 Å². The average Bonchev–Trinajstić information content (AvgIpc) is 2.82. The molecular formula is C14H14ClN3. The van der Waals surface area contributed by atoms with Crippen molar-refractivity contribution in [2.45, 2.75) is 6.04 Å². The number of nitrogens with one attached hydrogen (secondary N) is 1. The van der Waals surface area contributed by atoms with Gasteiger partial charge in [-0.15, -0.1) is 0 Å². The van der Waals surface area contributed by atoms with Crippen LogP contribution in [0.2, 0.25) is 5.02 Å². The summed E-state index contributed by atoms with van der Waals surface area (Å²) < 4.78 is 2.30. The van der Waals surface area contributed by atoms with Crippen molar-refractivity contribution >= 4 is 11.6 Å². The number of benzene rings is 1. The SMILES string of the molecule is Clc1ccccc1-c1cncn1C1C2CNCC21. The van der Waals surface area contributed by atoms with Crippen LogP contribution < -0.4 is 5.32 Å². The Hall–Kier alpha value is -1.32. The Morgan fingerprint density at radius 1 is 1.22 bits per heavy atom. The van der Waals surface area contributed by atoms with Gasteiger partial charge in [-0.3, -0.25) is 0 Å². The zero-order chi connectivity index (χ0) is 12.1. The molecule has 0 spiro atoms. The minimum Gasteiger partial charge on any atom is -0.327 e. The number of piperidine rings is 1. The number of nitrogens with zero attached hydrogens (tertiary/aromatic N) is 2. The molecule has 1 saturated carbocycles. The largest absolute Gasteiger partial charge is 0.327 e. The molecule has 1 aromatic carbocycles. The molecule has 1 aliphatic heterocycles. The molecule has 3 nitrogen and oxygen atoms in total. The standard InChI is InChI=1S/C14H14ClN3/c15-12-4-2-1-3-9(12)13-7-17-8-18(13)14-10-5-16-6-11(10)14/h1-4,7-8,10-11,14,16H,5-6H2. The smallest absolute Gasteiger partial charge is 0.0953 e. The molecule has 2 atom stereocenters. The van der Waals surface area contributed by atoms with Gasteiger partial charge in [-0.05, 0) is 17.9 Å². The van der Waals surface area contributed by atoms with E-state index in [-0.39, 0.29) is 0 Å². The van der Waals surface area contributed by atoms with E-state index in [0.29, 0.717) is 6.04 Å². The zero-order valence-corrected chi connectivity index (χ0v) is 10.6. The van der Waals surface area contributed by atoms with Crippen molar-refractivity contribution in [3.8, 4) is 11.3 Å². The van der Waals surface area contributed by atoms with Crippen molar-refractivity contribution in [1.82, 2.24) is 14.9 Å². The van der Waals surface area contributed by atoms with Gasteiger partial charge < -0.3 is 9.88 Å². The van der Waals surface area contributed by atoms with Crippen LogP contribution in [0.25, 0.3) is 11.3 Å². The van der Waals surface area contributed by atoms with Crippen LogP contribution in [-0.4, -0.2) is 22.6 Å². The van der Waals surface area contributed by atoms with Crippen molar-refractivity contribution < 1.29 is 0 Å². The summed E-state index contributed by atoms with van der Waals surface area (Å²) in [5.41, 5.74) is 2.22. The van der Waals surface area contributed by atoms with Gasteiger partial charge in [-0.25, -0.2) is 4.98 Å². The van der Waals surface area contributed by atoms with Crippen molar-refractivity contribution in [3.05, 3.63) is 41.8 Å². The molecule has 2 aromatic rings. The summed E-state index contributed by atoms with van der Waals surface area (Å²) in [5, 5.41) is 4.22. The van der Waals surface area contributed by atoms with Gasteiger partial charge in [0.15, 0.2) is 0 Å². The maximum atomic E-state index is 6.28. The molecule has 2 unspecified atom stereocenters. The highest BCUT2D eigenvalue weighted by Crippen LogP contribution is 2.53. The molecule has 18 heavy (non-hydrogen) atoms. The molecule has 2 fully saturated rings. The number of aromatic nitrogens is 2. The molecular weight excluding hydrogens is 246 g/mol. The van der Waals surface area contributed by atoms with Crippen molar-refractivity contribution in [2.75, 3.05) is 13.1 Å². The van der Waals surface area contributed by atoms with E-state index in [2.05, 4.69) is 20.9 Å². The van der Waals surface area contributed by atoms with E-state index >= 15 is 0 Å². The van der Waals surface area contributed by atoms with Crippen LogP contribution in [0.1, 0.15) is 6.04 Å². The normalized spacial score (nSPS) is 29.3. The quantitative estimate of drug-likeness (QED) is 0.899. The van der Waals surface area contributed by atoms with Gasteiger partial charge in [0.1, 0.15) is 0 Å². The zero-order valence-electron chi connectivity index (χ0n) is 9.88. The van der Waals surface area contributed by atoms with Crippen molar-refractivity contribution in [2.24, 2.45) is 11.8 Å². The number of imidazole rings is 1. The molecule has 2 heterocycles. The molecule has 4 rings (SSSR count). The maximum Gasteiger partial charge on any atom is 0.0953 e. The topological polar surface area (TPSA) is 29.9 Å². The fourth-order valence-electron chi connectivity index (χ4n) is 3.22. The third-order valence-electron chi connectivity index (χ3n) is 4.18. The van der Waals surface area contributed by atoms with Gasteiger partial charge in [0.05, 0.1) is 18.2 Å². The minimum atomic E-state index is 0.611. The molecule has 4 heteroatoms. The Kier molecular flexibility index (Phi) is 2.26. The molecule has 2 aliphatic rings. The Balaban J connectivity index is 1.75. The van der Waals surface area contributed by atoms with E-state index in [4.69, 9.17) is 11.6 Å². The predicted molar refractivity (Wildman–Crippen MR) is 71.6 cm³/mol. The highest BCUT2D eigenvalue weighted by molar-refractivity contribution is 6.33. The first-order valence-electron chi connectivity index (χ1n) is 6.34. The van der Waals surface area contributed by atoms with Gasteiger partial charge in [0.25, 0.3) is 0 Å². The Bertz CT molecular complexity index is 582. The Morgan fingerprint density at radius 3 is 2.78 bits per heavy atom. The Morgan fingerprint density at radius 2 is 2.00 bits per heavy atom. The van der Waals surface area contributed by atoms with Crippen LogP contribution in [0.5, 0.6) is 0 Å². The molecule has 1 aromatic heterocycles. The molecule has 1 aliphatic carbocycles. The van der Waals surface area contributed by atoms with E-state index in [9.17, 15) is 0 Å². The van der Waals surface area contributed by atoms with Gasteiger partial charge in [0, 0.05) is 29.7 Å². The van der Waals surface area contributed by atoms with Crippen molar-refractivity contribution in [3.63, 3.8) is 0 Å². The van der Waals surface area contributed by atoms with Crippen molar-refractivity contribution in [1.29, 1.82) is 0 Å². The van der Waals surface area contributed by atoms with E-state index in [1.807, 2.05) is 30.7 Å². The summed E-state index contributed by atoms with van der Waals surface area (Å²) in [4.78, 5) is 4.31. The minimum absolute atomic E-state index is 0.611. The van der Waals surface area contributed by atoms with Crippen LogP contribution in [0.15, 0.2) is 36.8 Å². The third kappa shape index (κ3) is 1.44. The lowest BCUT2D eigenvalue weighted by atomic mass is 10.1.